The zero-order chi connectivity index (χ0) is 13.9. The lowest BCUT2D eigenvalue weighted by Crippen LogP contribution is -2.36. The molecular weight excluding hydrogens is 383 g/mol. The Bertz CT molecular complexity index is 588. The van der Waals surface area contributed by atoms with E-state index in [0.717, 1.165) is 29.0 Å². The zero-order valence-electron chi connectivity index (χ0n) is 11.1. The van der Waals surface area contributed by atoms with Crippen molar-refractivity contribution in [3.63, 3.8) is 0 Å². The van der Waals surface area contributed by atoms with Gasteiger partial charge in [-0.2, -0.15) is 0 Å². The highest BCUT2D eigenvalue weighted by atomic mass is 127. The van der Waals surface area contributed by atoms with Crippen molar-refractivity contribution >= 4 is 39.9 Å². The SMILES string of the molecule is Clc1cnc2c(c1)N(Cc1ccccc1)CC(CI)C2. The number of halogens is 2. The van der Waals surface area contributed by atoms with E-state index in [2.05, 4.69) is 68.9 Å². The fourth-order valence-corrected chi connectivity index (χ4v) is 3.43. The first-order chi connectivity index (χ1) is 9.76. The lowest BCUT2D eigenvalue weighted by atomic mass is 9.97. The summed E-state index contributed by atoms with van der Waals surface area (Å²) in [7, 11) is 0. The van der Waals surface area contributed by atoms with Gasteiger partial charge in [-0.15, -0.1) is 0 Å². The van der Waals surface area contributed by atoms with E-state index in [1.807, 2.05) is 0 Å². The van der Waals surface area contributed by atoms with Crippen LogP contribution in [0.5, 0.6) is 0 Å². The molecule has 20 heavy (non-hydrogen) atoms. The second-order valence-electron chi connectivity index (χ2n) is 5.21. The summed E-state index contributed by atoms with van der Waals surface area (Å²) in [5.41, 5.74) is 3.70. The van der Waals surface area contributed by atoms with Crippen LogP contribution >= 0.6 is 34.2 Å². The first-order valence-electron chi connectivity index (χ1n) is 6.75. The van der Waals surface area contributed by atoms with Crippen LogP contribution in [-0.4, -0.2) is 16.0 Å². The Hall–Kier alpha value is -0.810. The Morgan fingerprint density at radius 2 is 2.10 bits per heavy atom. The second kappa shape index (κ2) is 6.31. The fourth-order valence-electron chi connectivity index (χ4n) is 2.69. The number of anilines is 1. The number of aromatic nitrogens is 1. The minimum absolute atomic E-state index is 0.667. The average molecular weight is 399 g/mol. The molecule has 0 aliphatic carbocycles. The lowest BCUT2D eigenvalue weighted by Gasteiger charge is -2.35. The first-order valence-corrected chi connectivity index (χ1v) is 8.66. The third-order valence-corrected chi connectivity index (χ3v) is 5.10. The predicted octanol–water partition coefficient (Wildman–Crippen LogP) is 4.35. The van der Waals surface area contributed by atoms with Gasteiger partial charge in [0.25, 0.3) is 0 Å². The molecule has 0 saturated carbocycles. The number of nitrogens with zero attached hydrogens (tertiary/aromatic N) is 2. The van der Waals surface area contributed by atoms with Crippen molar-refractivity contribution in [2.75, 3.05) is 15.9 Å². The van der Waals surface area contributed by atoms with E-state index in [1.165, 1.54) is 16.9 Å². The second-order valence-corrected chi connectivity index (χ2v) is 6.53. The third-order valence-electron chi connectivity index (χ3n) is 3.65. The Morgan fingerprint density at radius 3 is 2.85 bits per heavy atom. The third kappa shape index (κ3) is 3.09. The van der Waals surface area contributed by atoms with Gasteiger partial charge in [-0.25, -0.2) is 0 Å². The van der Waals surface area contributed by atoms with E-state index in [9.17, 15) is 0 Å². The van der Waals surface area contributed by atoms with Crippen molar-refractivity contribution in [1.82, 2.24) is 4.98 Å². The van der Waals surface area contributed by atoms with Gasteiger partial charge in [0.2, 0.25) is 0 Å². The van der Waals surface area contributed by atoms with Gasteiger partial charge in [0, 0.05) is 23.7 Å². The van der Waals surface area contributed by atoms with Crippen molar-refractivity contribution in [2.24, 2.45) is 5.92 Å². The molecule has 0 N–H and O–H groups in total. The van der Waals surface area contributed by atoms with E-state index < -0.39 is 0 Å². The van der Waals surface area contributed by atoms with Crippen LogP contribution in [0.3, 0.4) is 0 Å². The standard InChI is InChI=1S/C16H16ClIN2/c17-14-7-16-15(19-9-14)6-13(8-18)11-20(16)10-12-4-2-1-3-5-12/h1-5,7,9,13H,6,8,10-11H2. The lowest BCUT2D eigenvalue weighted by molar-refractivity contribution is 0.535. The van der Waals surface area contributed by atoms with Gasteiger partial charge in [-0.3, -0.25) is 4.98 Å². The molecule has 3 rings (SSSR count). The smallest absolute Gasteiger partial charge is 0.0641 e. The van der Waals surface area contributed by atoms with Gasteiger partial charge in [0.05, 0.1) is 16.4 Å². The molecule has 2 aromatic rings. The van der Waals surface area contributed by atoms with Crippen LogP contribution in [0.2, 0.25) is 5.02 Å². The molecule has 2 heterocycles. The van der Waals surface area contributed by atoms with Crippen LogP contribution in [0.15, 0.2) is 42.6 Å². The Kier molecular flexibility index (Phi) is 4.46. The first kappa shape index (κ1) is 14.1. The zero-order valence-corrected chi connectivity index (χ0v) is 14.0. The summed E-state index contributed by atoms with van der Waals surface area (Å²) in [6, 6.07) is 12.6. The highest BCUT2D eigenvalue weighted by molar-refractivity contribution is 14.1. The Labute approximate surface area is 138 Å². The summed E-state index contributed by atoms with van der Waals surface area (Å²) >= 11 is 8.60. The summed E-state index contributed by atoms with van der Waals surface area (Å²) in [6.45, 7) is 2.00. The topological polar surface area (TPSA) is 16.1 Å². The molecule has 1 unspecified atom stereocenters. The molecular formula is C16H16ClIN2. The van der Waals surface area contributed by atoms with Crippen LogP contribution in [-0.2, 0) is 13.0 Å². The molecule has 1 aromatic carbocycles. The number of alkyl halides is 1. The number of pyridine rings is 1. The summed E-state index contributed by atoms with van der Waals surface area (Å²) in [4.78, 5) is 6.94. The normalized spacial score (nSPS) is 17.9. The summed E-state index contributed by atoms with van der Waals surface area (Å²) in [5, 5.41) is 0.717. The van der Waals surface area contributed by atoms with Crippen LogP contribution in [0.25, 0.3) is 0 Å². The molecule has 0 radical (unpaired) electrons. The maximum Gasteiger partial charge on any atom is 0.0641 e. The van der Waals surface area contributed by atoms with Gasteiger partial charge in [-0.1, -0.05) is 64.5 Å². The Balaban J connectivity index is 1.91. The van der Waals surface area contributed by atoms with E-state index in [0.29, 0.717) is 5.92 Å². The maximum absolute atomic E-state index is 6.12. The molecule has 2 nitrogen and oxygen atoms in total. The molecule has 104 valence electrons. The largest absolute Gasteiger partial charge is 0.365 e. The highest BCUT2D eigenvalue weighted by Crippen LogP contribution is 2.32. The number of hydrogen-bond donors (Lipinski definition) is 0. The monoisotopic (exact) mass is 398 g/mol. The number of fused-ring (bicyclic) bond motifs is 1. The van der Waals surface area contributed by atoms with E-state index >= 15 is 0 Å². The molecule has 4 heteroatoms. The van der Waals surface area contributed by atoms with Gasteiger partial charge in [-0.05, 0) is 24.0 Å². The quantitative estimate of drug-likeness (QED) is 0.564. The van der Waals surface area contributed by atoms with Crippen LogP contribution < -0.4 is 4.90 Å². The minimum atomic E-state index is 0.667. The van der Waals surface area contributed by atoms with Crippen molar-refractivity contribution in [3.8, 4) is 0 Å². The number of rotatable bonds is 3. The van der Waals surface area contributed by atoms with Gasteiger partial charge < -0.3 is 4.90 Å². The van der Waals surface area contributed by atoms with Crippen LogP contribution in [0.4, 0.5) is 5.69 Å². The fraction of sp³-hybridized carbons (Fsp3) is 0.312. The molecule has 1 aliphatic heterocycles. The molecule has 0 fully saturated rings. The van der Waals surface area contributed by atoms with Crippen LogP contribution in [0, 0.1) is 5.92 Å². The molecule has 0 saturated heterocycles. The van der Waals surface area contributed by atoms with Crippen molar-refractivity contribution in [2.45, 2.75) is 13.0 Å². The number of benzene rings is 1. The minimum Gasteiger partial charge on any atom is -0.365 e. The van der Waals surface area contributed by atoms with Crippen LogP contribution in [0.1, 0.15) is 11.3 Å². The van der Waals surface area contributed by atoms with Gasteiger partial charge in [0.15, 0.2) is 0 Å². The molecule has 1 aliphatic rings. The summed E-state index contributed by atoms with van der Waals surface area (Å²) in [6.07, 6.45) is 2.82. The van der Waals surface area contributed by atoms with E-state index in [4.69, 9.17) is 11.6 Å². The maximum atomic E-state index is 6.12. The van der Waals surface area contributed by atoms with E-state index in [-0.39, 0.29) is 0 Å². The van der Waals surface area contributed by atoms with Gasteiger partial charge in [0.1, 0.15) is 0 Å². The molecule has 1 aromatic heterocycles. The average Bonchev–Trinajstić information content (AvgIpc) is 2.48. The van der Waals surface area contributed by atoms with Crippen molar-refractivity contribution < 1.29 is 0 Å². The molecule has 0 bridgehead atoms. The van der Waals surface area contributed by atoms with Crippen molar-refractivity contribution in [3.05, 3.63) is 58.9 Å². The molecule has 0 spiro atoms. The molecule has 1 atom stereocenters. The van der Waals surface area contributed by atoms with E-state index in [1.54, 1.807) is 6.20 Å². The summed E-state index contributed by atoms with van der Waals surface area (Å²) < 4.78 is 1.16. The summed E-state index contributed by atoms with van der Waals surface area (Å²) in [5.74, 6) is 0.667. The Morgan fingerprint density at radius 1 is 1.30 bits per heavy atom. The molecule has 0 amide bonds. The number of hydrogen-bond acceptors (Lipinski definition) is 2. The van der Waals surface area contributed by atoms with Gasteiger partial charge >= 0.3 is 0 Å². The predicted molar refractivity (Wildman–Crippen MR) is 92.8 cm³/mol. The highest BCUT2D eigenvalue weighted by Gasteiger charge is 2.25. The van der Waals surface area contributed by atoms with Crippen molar-refractivity contribution in [1.29, 1.82) is 0 Å².